The molecule has 0 amide bonds. The molecule has 0 aliphatic heterocycles. The van der Waals surface area contributed by atoms with Gasteiger partial charge in [-0.1, -0.05) is 72.8 Å². The molecule has 224 valence electrons. The molecule has 0 heterocycles. The maximum absolute atomic E-state index is 13.2. The smallest absolute Gasteiger partial charge is 0.374 e. The van der Waals surface area contributed by atoms with Crippen molar-refractivity contribution in [1.29, 1.82) is 0 Å². The molecule has 2 nitrogen and oxygen atoms in total. The summed E-state index contributed by atoms with van der Waals surface area (Å²) in [6.07, 6.45) is -9.32. The summed E-state index contributed by atoms with van der Waals surface area (Å²) in [4.78, 5) is 0. The molecule has 2 aliphatic carbocycles. The molecule has 0 radical (unpaired) electrons. The lowest BCUT2D eigenvalue weighted by atomic mass is 9.76. The highest BCUT2D eigenvalue weighted by Gasteiger charge is 2.98. The van der Waals surface area contributed by atoms with Crippen LogP contribution in [0.25, 0.3) is 32.7 Å². The monoisotopic (exact) mass is 612 g/mol. The Morgan fingerprint density at radius 3 is 1.45 bits per heavy atom. The molecule has 0 spiro atoms. The van der Waals surface area contributed by atoms with Gasteiger partial charge in [0, 0.05) is 5.56 Å². The van der Waals surface area contributed by atoms with Crippen molar-refractivity contribution in [2.75, 3.05) is 0 Å². The predicted octanol–water partition coefficient (Wildman–Crippen LogP) is 8.94. The molecule has 2 fully saturated rings. The van der Waals surface area contributed by atoms with E-state index in [9.17, 15) is 57.8 Å². The van der Waals surface area contributed by atoms with Crippen molar-refractivity contribution in [2.24, 2.45) is 0 Å². The average molecular weight is 612 g/mol. The Labute approximate surface area is 228 Å². The van der Waals surface area contributed by atoms with Gasteiger partial charge < -0.3 is 5.11 Å². The fourth-order valence-electron chi connectivity index (χ4n) is 4.84. The van der Waals surface area contributed by atoms with E-state index in [0.29, 0.717) is 5.75 Å². The number of aromatic hydroxyl groups is 1. The number of benzene rings is 4. The number of alkyl halides is 12. The van der Waals surface area contributed by atoms with Crippen molar-refractivity contribution in [1.82, 2.24) is 0 Å². The van der Waals surface area contributed by atoms with Gasteiger partial charge in [-0.15, -0.1) is 0 Å². The standard InChI is InChI=1S/C20H14O.C8H2F12O/c21-19-13-12-15-7-2-4-10-17(15)20(19)18-11-5-8-14-6-1-3-9-16(14)18;9-1-3(11,12)7(17,18)5(1,15)21-6(16)2(10)4(13,14)8(6,19)20/h1-13,21H;1-2H. The number of rotatable bonds is 3. The quantitative estimate of drug-likeness (QED) is 0.234. The van der Waals surface area contributed by atoms with Crippen LogP contribution in [0.4, 0.5) is 52.7 Å². The number of phenolic OH excluding ortho intramolecular Hbond substituents is 1. The van der Waals surface area contributed by atoms with Crippen LogP contribution in [0.15, 0.2) is 78.9 Å². The summed E-state index contributed by atoms with van der Waals surface area (Å²) in [5.41, 5.74) is 1.98. The summed E-state index contributed by atoms with van der Waals surface area (Å²) >= 11 is 0. The zero-order valence-electron chi connectivity index (χ0n) is 20.6. The van der Waals surface area contributed by atoms with Crippen LogP contribution in [0, 0.1) is 0 Å². The number of ether oxygens (including phenoxy) is 1. The van der Waals surface area contributed by atoms with E-state index in [0.717, 1.165) is 27.3 Å². The van der Waals surface area contributed by atoms with Crippen LogP contribution >= 0.6 is 0 Å². The summed E-state index contributed by atoms with van der Waals surface area (Å²) < 4.78 is 154. The minimum atomic E-state index is -6.17. The van der Waals surface area contributed by atoms with Crippen LogP contribution in [0.1, 0.15) is 0 Å². The summed E-state index contributed by atoms with van der Waals surface area (Å²) in [5, 5.41) is 15.0. The summed E-state index contributed by atoms with van der Waals surface area (Å²) in [6, 6.07) is 26.4. The van der Waals surface area contributed by atoms with E-state index >= 15 is 0 Å². The Balaban J connectivity index is 0.000000168. The fraction of sp³-hybridized carbons (Fsp3) is 0.286. The van der Waals surface area contributed by atoms with Crippen molar-refractivity contribution in [3.8, 4) is 16.9 Å². The first-order valence-corrected chi connectivity index (χ1v) is 11.9. The van der Waals surface area contributed by atoms with E-state index in [1.165, 1.54) is 5.39 Å². The van der Waals surface area contributed by atoms with Gasteiger partial charge in [-0.25, -0.2) is 17.6 Å². The molecule has 4 aromatic rings. The van der Waals surface area contributed by atoms with E-state index < -0.39 is 47.7 Å². The first-order valence-electron chi connectivity index (χ1n) is 11.9. The lowest BCUT2D eigenvalue weighted by Gasteiger charge is -2.56. The molecule has 1 N–H and O–H groups in total. The van der Waals surface area contributed by atoms with E-state index in [1.54, 1.807) is 6.07 Å². The zero-order valence-corrected chi connectivity index (χ0v) is 20.6. The minimum Gasteiger partial charge on any atom is -0.507 e. The Kier molecular flexibility index (Phi) is 6.50. The predicted molar refractivity (Wildman–Crippen MR) is 127 cm³/mol. The molecular weight excluding hydrogens is 596 g/mol. The number of fused-ring (bicyclic) bond motifs is 2. The van der Waals surface area contributed by atoms with Crippen LogP contribution < -0.4 is 0 Å². The molecule has 0 saturated heterocycles. The Bertz CT molecular complexity index is 1630. The van der Waals surface area contributed by atoms with Gasteiger partial charge >= 0.3 is 35.4 Å². The first-order chi connectivity index (χ1) is 19.4. The van der Waals surface area contributed by atoms with Crippen LogP contribution in [0.3, 0.4) is 0 Å². The van der Waals surface area contributed by atoms with Gasteiger partial charge in [-0.05, 0) is 33.2 Å². The van der Waals surface area contributed by atoms with Crippen molar-refractivity contribution >= 4 is 21.5 Å². The van der Waals surface area contributed by atoms with Gasteiger partial charge in [0.05, 0.1) is 0 Å². The van der Waals surface area contributed by atoms with Gasteiger partial charge in [0.1, 0.15) is 5.75 Å². The second-order valence-corrected chi connectivity index (χ2v) is 9.72. The largest absolute Gasteiger partial charge is 0.507 e. The van der Waals surface area contributed by atoms with Crippen LogP contribution in [0.5, 0.6) is 5.75 Å². The minimum absolute atomic E-state index is 0.324. The SMILES string of the molecule is FC1C(F)(F)C(F)(F)C1(F)OC1(F)C(F)C(F)(F)C1(F)F.Oc1ccc2ccccc2c1-c1cccc2ccccc12. The van der Waals surface area contributed by atoms with Gasteiger partial charge in [0.2, 0.25) is 12.3 Å². The highest BCUT2D eigenvalue weighted by Crippen LogP contribution is 2.68. The molecule has 0 bridgehead atoms. The molecule has 2 saturated carbocycles. The van der Waals surface area contributed by atoms with Crippen molar-refractivity contribution < 1.29 is 62.5 Å². The van der Waals surface area contributed by atoms with Gasteiger partial charge in [-0.3, -0.25) is 4.74 Å². The summed E-state index contributed by atoms with van der Waals surface area (Å²) in [6.45, 7) is 0. The maximum Gasteiger partial charge on any atom is 0.374 e. The topological polar surface area (TPSA) is 29.5 Å². The van der Waals surface area contributed by atoms with Crippen LogP contribution in [-0.4, -0.2) is 52.8 Å². The highest BCUT2D eigenvalue weighted by molar-refractivity contribution is 6.07. The molecule has 4 atom stereocenters. The molecule has 0 aromatic heterocycles. The lowest BCUT2D eigenvalue weighted by molar-refractivity contribution is -0.549. The maximum atomic E-state index is 13.2. The van der Waals surface area contributed by atoms with E-state index in [-0.39, 0.29) is 0 Å². The van der Waals surface area contributed by atoms with Gasteiger partial charge in [0.15, 0.2) is 0 Å². The van der Waals surface area contributed by atoms with Crippen molar-refractivity contribution in [3.05, 3.63) is 78.9 Å². The Morgan fingerprint density at radius 1 is 0.524 bits per heavy atom. The molecule has 14 heteroatoms. The summed E-state index contributed by atoms with van der Waals surface area (Å²) in [5.74, 6) is -35.0. The molecule has 42 heavy (non-hydrogen) atoms. The second kappa shape index (κ2) is 9.16. The molecule has 4 unspecified atom stereocenters. The third-order valence-electron chi connectivity index (χ3n) is 7.25. The number of hydrogen-bond donors (Lipinski definition) is 1. The normalized spacial score (nSPS) is 30.1. The number of halogens is 12. The third-order valence-corrected chi connectivity index (χ3v) is 7.25. The van der Waals surface area contributed by atoms with Crippen molar-refractivity contribution in [3.63, 3.8) is 0 Å². The average Bonchev–Trinajstić information content (AvgIpc) is 2.95. The molecule has 4 aromatic carbocycles. The zero-order chi connectivity index (χ0) is 31.1. The van der Waals surface area contributed by atoms with Crippen molar-refractivity contribution in [2.45, 2.75) is 47.7 Å². The van der Waals surface area contributed by atoms with E-state index in [4.69, 9.17) is 0 Å². The van der Waals surface area contributed by atoms with Gasteiger partial charge in [-0.2, -0.15) is 35.1 Å². The van der Waals surface area contributed by atoms with E-state index in [1.807, 2.05) is 36.4 Å². The second-order valence-electron chi connectivity index (χ2n) is 9.72. The number of phenols is 1. The van der Waals surface area contributed by atoms with Gasteiger partial charge in [0.25, 0.3) is 0 Å². The van der Waals surface area contributed by atoms with E-state index in [2.05, 4.69) is 41.1 Å². The number of hydrogen-bond acceptors (Lipinski definition) is 2. The lowest BCUT2D eigenvalue weighted by Crippen LogP contribution is -2.86. The Morgan fingerprint density at radius 2 is 0.952 bits per heavy atom. The fourth-order valence-corrected chi connectivity index (χ4v) is 4.84. The summed E-state index contributed by atoms with van der Waals surface area (Å²) in [7, 11) is 0. The first kappa shape index (κ1) is 29.8. The molecular formula is C28H16F12O2. The van der Waals surface area contributed by atoms with Crippen LogP contribution in [-0.2, 0) is 4.74 Å². The third kappa shape index (κ3) is 3.66. The highest BCUT2D eigenvalue weighted by atomic mass is 19.3. The Hall–Kier alpha value is -3.68. The van der Waals surface area contributed by atoms with Crippen LogP contribution in [0.2, 0.25) is 0 Å². The molecule has 2 aliphatic rings. The molecule has 6 rings (SSSR count).